The summed E-state index contributed by atoms with van der Waals surface area (Å²) in [5.74, 6) is -0.733. The van der Waals surface area contributed by atoms with Gasteiger partial charge in [0.15, 0.2) is 0 Å². The molecular formula is C22H22FN3O3. The summed E-state index contributed by atoms with van der Waals surface area (Å²) in [7, 11) is 0. The summed E-state index contributed by atoms with van der Waals surface area (Å²) in [6.45, 7) is 0.978. The molecule has 1 N–H and O–H groups in total. The molecule has 2 amide bonds. The van der Waals surface area contributed by atoms with Crippen molar-refractivity contribution in [2.75, 3.05) is 13.1 Å². The summed E-state index contributed by atoms with van der Waals surface area (Å²) in [5, 5.41) is 2.85. The number of pyridine rings is 1. The Balaban J connectivity index is 1.55. The van der Waals surface area contributed by atoms with Gasteiger partial charge in [0.1, 0.15) is 12.1 Å². The van der Waals surface area contributed by atoms with Crippen LogP contribution in [0.15, 0.2) is 71.7 Å². The largest absolute Gasteiger partial charge is 0.472 e. The Bertz CT molecular complexity index is 912. The lowest BCUT2D eigenvalue weighted by Gasteiger charge is -2.22. The lowest BCUT2D eigenvalue weighted by Crippen LogP contribution is -2.35. The van der Waals surface area contributed by atoms with Crippen LogP contribution in [0.2, 0.25) is 0 Å². The highest BCUT2D eigenvalue weighted by Gasteiger charge is 2.18. The predicted octanol–water partition coefficient (Wildman–Crippen LogP) is 3.21. The molecule has 150 valence electrons. The molecule has 0 fully saturated rings. The van der Waals surface area contributed by atoms with Gasteiger partial charge >= 0.3 is 0 Å². The van der Waals surface area contributed by atoms with Gasteiger partial charge in [0.25, 0.3) is 5.91 Å². The second kappa shape index (κ2) is 10.2. The average Bonchev–Trinajstić information content (AvgIpc) is 3.28. The summed E-state index contributed by atoms with van der Waals surface area (Å²) >= 11 is 0. The molecule has 1 aromatic carbocycles. The molecular weight excluding hydrogens is 373 g/mol. The van der Waals surface area contributed by atoms with Crippen LogP contribution < -0.4 is 5.32 Å². The van der Waals surface area contributed by atoms with Crippen LogP contribution in [0.25, 0.3) is 0 Å². The van der Waals surface area contributed by atoms with Crippen molar-refractivity contribution in [1.29, 1.82) is 0 Å². The number of hydrogen-bond donors (Lipinski definition) is 1. The fourth-order valence-electron chi connectivity index (χ4n) is 2.83. The maximum Gasteiger partial charge on any atom is 0.257 e. The monoisotopic (exact) mass is 395 g/mol. The minimum atomic E-state index is -0.339. The van der Waals surface area contributed by atoms with Gasteiger partial charge in [0, 0.05) is 44.4 Å². The standard InChI is InChI=1S/C22H22FN3O3/c23-19-6-4-17(5-7-19)15-26(22(28)18-10-14-29-16-18)13-9-21(27)25-12-8-20-3-1-2-11-24-20/h1-7,10-11,14,16H,8-9,12-13,15H2,(H,25,27). The van der Waals surface area contributed by atoms with Crippen molar-refractivity contribution >= 4 is 11.8 Å². The molecule has 7 heteroatoms. The molecule has 0 saturated heterocycles. The van der Waals surface area contributed by atoms with E-state index >= 15 is 0 Å². The molecule has 0 aliphatic rings. The van der Waals surface area contributed by atoms with Crippen LogP contribution in [-0.2, 0) is 17.8 Å². The zero-order valence-corrected chi connectivity index (χ0v) is 15.9. The molecule has 0 aliphatic heterocycles. The van der Waals surface area contributed by atoms with Crippen molar-refractivity contribution < 1.29 is 18.4 Å². The Hall–Kier alpha value is -3.48. The number of carbonyl (C=O) groups excluding carboxylic acids is 2. The molecule has 3 aromatic rings. The molecule has 29 heavy (non-hydrogen) atoms. The molecule has 0 aliphatic carbocycles. The van der Waals surface area contributed by atoms with Gasteiger partial charge < -0.3 is 14.6 Å². The molecule has 3 rings (SSSR count). The third-order valence-corrected chi connectivity index (χ3v) is 4.38. The van der Waals surface area contributed by atoms with E-state index in [2.05, 4.69) is 10.3 Å². The second-order valence-electron chi connectivity index (χ2n) is 6.54. The van der Waals surface area contributed by atoms with Gasteiger partial charge in [-0.25, -0.2) is 4.39 Å². The fraction of sp³-hybridized carbons (Fsp3) is 0.227. The van der Waals surface area contributed by atoms with Crippen molar-refractivity contribution in [3.8, 4) is 0 Å². The second-order valence-corrected chi connectivity index (χ2v) is 6.54. The van der Waals surface area contributed by atoms with E-state index < -0.39 is 0 Å². The van der Waals surface area contributed by atoms with Gasteiger partial charge in [-0.3, -0.25) is 14.6 Å². The van der Waals surface area contributed by atoms with Crippen LogP contribution in [-0.4, -0.2) is 34.8 Å². The summed E-state index contributed by atoms with van der Waals surface area (Å²) in [6.07, 6.45) is 5.30. The van der Waals surface area contributed by atoms with E-state index in [1.807, 2.05) is 18.2 Å². The van der Waals surface area contributed by atoms with Crippen molar-refractivity contribution in [1.82, 2.24) is 15.2 Å². The number of carbonyl (C=O) groups is 2. The maximum atomic E-state index is 13.2. The van der Waals surface area contributed by atoms with E-state index in [0.29, 0.717) is 18.5 Å². The van der Waals surface area contributed by atoms with Crippen LogP contribution in [0.3, 0.4) is 0 Å². The number of nitrogens with zero attached hydrogens (tertiary/aromatic N) is 2. The highest BCUT2D eigenvalue weighted by Crippen LogP contribution is 2.12. The predicted molar refractivity (Wildman–Crippen MR) is 105 cm³/mol. The van der Waals surface area contributed by atoms with Crippen LogP contribution in [0.1, 0.15) is 28.0 Å². The topological polar surface area (TPSA) is 75.4 Å². The van der Waals surface area contributed by atoms with Gasteiger partial charge in [-0.15, -0.1) is 0 Å². The van der Waals surface area contributed by atoms with E-state index in [1.54, 1.807) is 29.3 Å². The van der Waals surface area contributed by atoms with Gasteiger partial charge in [-0.2, -0.15) is 0 Å². The van der Waals surface area contributed by atoms with E-state index in [-0.39, 0.29) is 37.1 Å². The van der Waals surface area contributed by atoms with Crippen LogP contribution >= 0.6 is 0 Å². The van der Waals surface area contributed by atoms with Crippen LogP contribution in [0.4, 0.5) is 4.39 Å². The smallest absolute Gasteiger partial charge is 0.257 e. The Morgan fingerprint density at radius 1 is 1.10 bits per heavy atom. The van der Waals surface area contributed by atoms with Gasteiger partial charge in [0.2, 0.25) is 5.91 Å². The molecule has 0 atom stereocenters. The van der Waals surface area contributed by atoms with Gasteiger partial charge in [0.05, 0.1) is 11.8 Å². The Morgan fingerprint density at radius 3 is 2.62 bits per heavy atom. The number of furan rings is 1. The van der Waals surface area contributed by atoms with Crippen molar-refractivity contribution in [2.24, 2.45) is 0 Å². The fourth-order valence-corrected chi connectivity index (χ4v) is 2.83. The highest BCUT2D eigenvalue weighted by molar-refractivity contribution is 5.94. The minimum absolute atomic E-state index is 0.148. The summed E-state index contributed by atoms with van der Waals surface area (Å²) < 4.78 is 18.1. The molecule has 6 nitrogen and oxygen atoms in total. The van der Waals surface area contributed by atoms with E-state index in [0.717, 1.165) is 11.3 Å². The lowest BCUT2D eigenvalue weighted by atomic mass is 10.2. The molecule has 0 radical (unpaired) electrons. The third kappa shape index (κ3) is 6.27. The molecule has 0 bridgehead atoms. The van der Waals surface area contributed by atoms with E-state index in [4.69, 9.17) is 4.42 Å². The third-order valence-electron chi connectivity index (χ3n) is 4.38. The minimum Gasteiger partial charge on any atom is -0.472 e. The molecule has 0 saturated carbocycles. The zero-order chi connectivity index (χ0) is 20.5. The molecule has 2 heterocycles. The first-order valence-corrected chi connectivity index (χ1v) is 9.34. The van der Waals surface area contributed by atoms with Crippen molar-refractivity contribution in [2.45, 2.75) is 19.4 Å². The van der Waals surface area contributed by atoms with Gasteiger partial charge in [-0.05, 0) is 35.9 Å². The number of benzene rings is 1. The SMILES string of the molecule is O=C(CCN(Cc1ccc(F)cc1)C(=O)c1ccoc1)NCCc1ccccn1. The lowest BCUT2D eigenvalue weighted by molar-refractivity contribution is -0.121. The first-order valence-electron chi connectivity index (χ1n) is 9.34. The normalized spacial score (nSPS) is 10.5. The first kappa shape index (κ1) is 20.3. The van der Waals surface area contributed by atoms with E-state index in [9.17, 15) is 14.0 Å². The Kier molecular flexibility index (Phi) is 7.10. The number of rotatable bonds is 9. The maximum absolute atomic E-state index is 13.2. The highest BCUT2D eigenvalue weighted by atomic mass is 19.1. The first-order chi connectivity index (χ1) is 14.1. The van der Waals surface area contributed by atoms with Crippen molar-refractivity contribution in [3.05, 3.63) is 89.9 Å². The number of amides is 2. The molecule has 0 unspecified atom stereocenters. The number of hydrogen-bond acceptors (Lipinski definition) is 4. The van der Waals surface area contributed by atoms with Crippen molar-refractivity contribution in [3.63, 3.8) is 0 Å². The van der Waals surface area contributed by atoms with E-state index in [1.165, 1.54) is 24.7 Å². The number of nitrogens with one attached hydrogen (secondary N) is 1. The number of halogens is 1. The van der Waals surface area contributed by atoms with Crippen LogP contribution in [0, 0.1) is 5.82 Å². The molecule has 0 spiro atoms. The van der Waals surface area contributed by atoms with Crippen LogP contribution in [0.5, 0.6) is 0 Å². The van der Waals surface area contributed by atoms with Gasteiger partial charge in [-0.1, -0.05) is 18.2 Å². The Morgan fingerprint density at radius 2 is 1.93 bits per heavy atom. The summed E-state index contributed by atoms with van der Waals surface area (Å²) in [6, 6.07) is 13.2. The average molecular weight is 395 g/mol. The quantitative estimate of drug-likeness (QED) is 0.604. The molecule has 2 aromatic heterocycles. The zero-order valence-electron chi connectivity index (χ0n) is 15.9. The summed E-state index contributed by atoms with van der Waals surface area (Å²) in [4.78, 5) is 30.7. The number of aromatic nitrogens is 1. The summed E-state index contributed by atoms with van der Waals surface area (Å²) in [5.41, 5.74) is 2.09. The Labute approximate surface area is 168 Å².